The maximum Gasteiger partial charge on any atom is 0.252 e. The van der Waals surface area contributed by atoms with Gasteiger partial charge in [0.05, 0.1) is 0 Å². The minimum Gasteiger partial charge on any atom is -0.354 e. The number of hydrogen-bond acceptors (Lipinski definition) is 2. The van der Waals surface area contributed by atoms with Gasteiger partial charge in [-0.05, 0) is 49.9 Å². The standard InChI is InChI=1S/C14H17BrN2O2/c1-9-8-10(15)5-6-11(9)13(18)17-12-4-2-3-7-16-14(12)19/h5-6,8,12H,2-4,7H2,1H3,(H,16,19)(H,17,18). The maximum absolute atomic E-state index is 12.2. The summed E-state index contributed by atoms with van der Waals surface area (Å²) in [5, 5.41) is 5.63. The Morgan fingerprint density at radius 1 is 1.42 bits per heavy atom. The zero-order valence-electron chi connectivity index (χ0n) is 10.8. The lowest BCUT2D eigenvalue weighted by Gasteiger charge is -2.16. The van der Waals surface area contributed by atoms with Crippen LogP contribution in [0.15, 0.2) is 22.7 Å². The first-order valence-corrected chi connectivity index (χ1v) is 7.22. The second-order valence-corrected chi connectivity index (χ2v) is 5.69. The molecule has 102 valence electrons. The third kappa shape index (κ3) is 3.56. The van der Waals surface area contributed by atoms with Crippen LogP contribution in [0.4, 0.5) is 0 Å². The topological polar surface area (TPSA) is 58.2 Å². The van der Waals surface area contributed by atoms with Crippen LogP contribution in [0.3, 0.4) is 0 Å². The lowest BCUT2D eigenvalue weighted by Crippen LogP contribution is -2.45. The molecule has 1 aliphatic rings. The molecule has 0 radical (unpaired) electrons. The SMILES string of the molecule is Cc1cc(Br)ccc1C(=O)NC1CCCCNC1=O. The molecular formula is C14H17BrN2O2. The van der Waals surface area contributed by atoms with Crippen molar-refractivity contribution in [1.82, 2.24) is 10.6 Å². The molecule has 1 unspecified atom stereocenters. The highest BCUT2D eigenvalue weighted by Crippen LogP contribution is 2.16. The van der Waals surface area contributed by atoms with E-state index in [0.717, 1.165) is 22.9 Å². The molecule has 1 fully saturated rings. The molecule has 2 amide bonds. The summed E-state index contributed by atoms with van der Waals surface area (Å²) in [5.41, 5.74) is 1.50. The fraction of sp³-hybridized carbons (Fsp3) is 0.429. The summed E-state index contributed by atoms with van der Waals surface area (Å²) in [7, 11) is 0. The zero-order chi connectivity index (χ0) is 13.8. The molecule has 5 heteroatoms. The Bertz CT molecular complexity index is 502. The summed E-state index contributed by atoms with van der Waals surface area (Å²) in [5.74, 6) is -0.271. The van der Waals surface area contributed by atoms with Crippen molar-refractivity contribution in [2.24, 2.45) is 0 Å². The molecule has 4 nitrogen and oxygen atoms in total. The van der Waals surface area contributed by atoms with Crippen LogP contribution in [0.25, 0.3) is 0 Å². The molecule has 1 aliphatic heterocycles. The summed E-state index contributed by atoms with van der Waals surface area (Å²) in [4.78, 5) is 24.0. The molecule has 0 saturated carbocycles. The number of halogens is 1. The number of carbonyl (C=O) groups is 2. The van der Waals surface area contributed by atoms with Gasteiger partial charge in [-0.25, -0.2) is 0 Å². The van der Waals surface area contributed by atoms with Gasteiger partial charge >= 0.3 is 0 Å². The van der Waals surface area contributed by atoms with Gasteiger partial charge in [-0.1, -0.05) is 15.9 Å². The van der Waals surface area contributed by atoms with Gasteiger partial charge < -0.3 is 10.6 Å². The molecule has 0 spiro atoms. The molecule has 2 rings (SSSR count). The summed E-state index contributed by atoms with van der Waals surface area (Å²) >= 11 is 3.37. The Labute approximate surface area is 121 Å². The van der Waals surface area contributed by atoms with Gasteiger partial charge in [0.15, 0.2) is 0 Å². The smallest absolute Gasteiger partial charge is 0.252 e. The van der Waals surface area contributed by atoms with E-state index >= 15 is 0 Å². The highest BCUT2D eigenvalue weighted by Gasteiger charge is 2.23. The molecular weight excluding hydrogens is 308 g/mol. The Balaban J connectivity index is 2.09. The van der Waals surface area contributed by atoms with Gasteiger partial charge in [0, 0.05) is 16.6 Å². The third-order valence-electron chi connectivity index (χ3n) is 3.27. The summed E-state index contributed by atoms with van der Waals surface area (Å²) in [6.45, 7) is 2.58. The molecule has 0 bridgehead atoms. The van der Waals surface area contributed by atoms with Gasteiger partial charge in [-0.15, -0.1) is 0 Å². The van der Waals surface area contributed by atoms with E-state index < -0.39 is 6.04 Å². The van der Waals surface area contributed by atoms with Gasteiger partial charge in [-0.3, -0.25) is 9.59 Å². The van der Waals surface area contributed by atoms with Crippen LogP contribution in [-0.4, -0.2) is 24.4 Å². The van der Waals surface area contributed by atoms with Crippen LogP contribution in [0.1, 0.15) is 35.2 Å². The molecule has 1 saturated heterocycles. The average Bonchev–Trinajstić information content (AvgIpc) is 2.55. The Hall–Kier alpha value is -1.36. The molecule has 1 aromatic carbocycles. The van der Waals surface area contributed by atoms with Crippen molar-refractivity contribution in [3.8, 4) is 0 Å². The molecule has 19 heavy (non-hydrogen) atoms. The molecule has 1 heterocycles. The number of hydrogen-bond donors (Lipinski definition) is 2. The summed E-state index contributed by atoms with van der Waals surface area (Å²) in [6, 6.07) is 5.07. The van der Waals surface area contributed by atoms with E-state index in [0.29, 0.717) is 18.5 Å². The highest BCUT2D eigenvalue weighted by atomic mass is 79.9. The average molecular weight is 325 g/mol. The minimum absolute atomic E-state index is 0.0828. The van der Waals surface area contributed by atoms with Crippen molar-refractivity contribution >= 4 is 27.7 Å². The minimum atomic E-state index is -0.418. The zero-order valence-corrected chi connectivity index (χ0v) is 12.4. The highest BCUT2D eigenvalue weighted by molar-refractivity contribution is 9.10. The van der Waals surface area contributed by atoms with Crippen LogP contribution < -0.4 is 10.6 Å². The second kappa shape index (κ2) is 6.19. The molecule has 1 atom stereocenters. The number of benzene rings is 1. The first-order valence-electron chi connectivity index (χ1n) is 6.42. The molecule has 0 aliphatic carbocycles. The number of rotatable bonds is 2. The van der Waals surface area contributed by atoms with Crippen LogP contribution in [-0.2, 0) is 4.79 Å². The van der Waals surface area contributed by atoms with E-state index in [-0.39, 0.29) is 11.8 Å². The van der Waals surface area contributed by atoms with E-state index in [1.54, 1.807) is 6.07 Å². The van der Waals surface area contributed by atoms with Gasteiger partial charge in [0.2, 0.25) is 5.91 Å². The van der Waals surface area contributed by atoms with Crippen LogP contribution in [0, 0.1) is 6.92 Å². The van der Waals surface area contributed by atoms with E-state index in [4.69, 9.17) is 0 Å². The third-order valence-corrected chi connectivity index (χ3v) is 3.77. The van der Waals surface area contributed by atoms with Crippen molar-refractivity contribution in [3.05, 3.63) is 33.8 Å². The maximum atomic E-state index is 12.2. The Kier molecular flexibility index (Phi) is 4.58. The largest absolute Gasteiger partial charge is 0.354 e. The quantitative estimate of drug-likeness (QED) is 0.875. The number of carbonyl (C=O) groups excluding carboxylic acids is 2. The Morgan fingerprint density at radius 2 is 2.21 bits per heavy atom. The van der Waals surface area contributed by atoms with Crippen molar-refractivity contribution in [2.45, 2.75) is 32.2 Å². The fourth-order valence-electron chi connectivity index (χ4n) is 2.19. The van der Waals surface area contributed by atoms with Gasteiger partial charge in [0.25, 0.3) is 5.91 Å². The molecule has 1 aromatic rings. The molecule has 2 N–H and O–H groups in total. The normalized spacial score (nSPS) is 19.5. The fourth-order valence-corrected chi connectivity index (χ4v) is 2.67. The van der Waals surface area contributed by atoms with Crippen LogP contribution in [0.2, 0.25) is 0 Å². The van der Waals surface area contributed by atoms with E-state index in [2.05, 4.69) is 26.6 Å². The molecule has 0 aromatic heterocycles. The van der Waals surface area contributed by atoms with Crippen molar-refractivity contribution in [1.29, 1.82) is 0 Å². The lowest BCUT2D eigenvalue weighted by molar-refractivity contribution is -0.122. The number of amides is 2. The summed E-state index contributed by atoms with van der Waals surface area (Å²) < 4.78 is 0.939. The number of aryl methyl sites for hydroxylation is 1. The lowest BCUT2D eigenvalue weighted by atomic mass is 10.1. The summed E-state index contributed by atoms with van der Waals surface area (Å²) in [6.07, 6.45) is 2.62. The number of nitrogens with one attached hydrogen (secondary N) is 2. The Morgan fingerprint density at radius 3 is 2.95 bits per heavy atom. The van der Waals surface area contributed by atoms with E-state index in [1.807, 2.05) is 19.1 Å². The van der Waals surface area contributed by atoms with Gasteiger partial charge in [0.1, 0.15) is 6.04 Å². The predicted octanol–water partition coefficient (Wildman–Crippen LogP) is 2.16. The van der Waals surface area contributed by atoms with Crippen LogP contribution in [0.5, 0.6) is 0 Å². The van der Waals surface area contributed by atoms with Crippen molar-refractivity contribution < 1.29 is 9.59 Å². The van der Waals surface area contributed by atoms with Crippen molar-refractivity contribution in [3.63, 3.8) is 0 Å². The second-order valence-electron chi connectivity index (χ2n) is 4.77. The van der Waals surface area contributed by atoms with E-state index in [1.165, 1.54) is 0 Å². The van der Waals surface area contributed by atoms with Crippen LogP contribution >= 0.6 is 15.9 Å². The van der Waals surface area contributed by atoms with Crippen molar-refractivity contribution in [2.75, 3.05) is 6.54 Å². The first-order chi connectivity index (χ1) is 9.08. The first kappa shape index (κ1) is 14.1. The predicted molar refractivity (Wildman–Crippen MR) is 77.0 cm³/mol. The monoisotopic (exact) mass is 324 g/mol. The van der Waals surface area contributed by atoms with E-state index in [9.17, 15) is 9.59 Å². The van der Waals surface area contributed by atoms with Gasteiger partial charge in [-0.2, -0.15) is 0 Å².